The molecular formula is C20H22N8O7. The molecule has 2 aliphatic heterocycles. The topological polar surface area (TPSA) is 204 Å². The molecule has 15 heteroatoms. The van der Waals surface area contributed by atoms with Crippen molar-refractivity contribution in [2.24, 2.45) is 4.99 Å². The lowest BCUT2D eigenvalue weighted by molar-refractivity contribution is -0.384. The second-order valence-corrected chi connectivity index (χ2v) is 7.56. The van der Waals surface area contributed by atoms with Crippen molar-refractivity contribution in [1.82, 2.24) is 15.3 Å². The highest BCUT2D eigenvalue weighted by Gasteiger charge is 2.49. The number of non-ortho nitro benzene ring substituents is 1. The van der Waals surface area contributed by atoms with Gasteiger partial charge in [-0.15, -0.1) is 0 Å². The standard InChI is InChI=1S/C20H22N8O7/c1-2-21-18(31)15-13(29)14(30)19(35-15)27-8-7-22-12-16(23-9-24-17(12)27)26-20(32)25-10-3-5-11(6-4-10)28(33)34/h3-7,9,13-15,19,29-30H,2,8H2,1H3,(H,21,31)(H2,23,24,25,26,32). The molecule has 4 rings (SSSR count). The van der Waals surface area contributed by atoms with Crippen molar-refractivity contribution in [3.63, 3.8) is 0 Å². The van der Waals surface area contributed by atoms with E-state index in [4.69, 9.17) is 4.74 Å². The molecule has 35 heavy (non-hydrogen) atoms. The number of carbonyl (C=O) groups excluding carboxylic acids is 2. The van der Waals surface area contributed by atoms with Crippen LogP contribution in [0.1, 0.15) is 6.92 Å². The first kappa shape index (κ1) is 23.9. The van der Waals surface area contributed by atoms with Gasteiger partial charge in [0.25, 0.3) is 11.6 Å². The zero-order chi connectivity index (χ0) is 25.1. The van der Waals surface area contributed by atoms with E-state index in [-0.39, 0.29) is 29.6 Å². The fourth-order valence-corrected chi connectivity index (χ4v) is 3.67. The molecule has 1 fully saturated rings. The first-order chi connectivity index (χ1) is 16.8. The number of nitrogens with one attached hydrogen (secondary N) is 3. The second kappa shape index (κ2) is 9.96. The van der Waals surface area contributed by atoms with Crippen LogP contribution in [0.4, 0.5) is 33.5 Å². The van der Waals surface area contributed by atoms with Crippen molar-refractivity contribution in [3.8, 4) is 0 Å². The summed E-state index contributed by atoms with van der Waals surface area (Å²) in [5.41, 5.74) is 0.365. The predicted octanol–water partition coefficient (Wildman–Crippen LogP) is 0.134. The fraction of sp³-hybridized carbons (Fsp3) is 0.350. The Morgan fingerprint density at radius 2 is 1.94 bits per heavy atom. The Morgan fingerprint density at radius 1 is 1.20 bits per heavy atom. The van der Waals surface area contributed by atoms with Gasteiger partial charge in [0.1, 0.15) is 24.2 Å². The lowest BCUT2D eigenvalue weighted by atomic mass is 10.1. The van der Waals surface area contributed by atoms with Crippen LogP contribution in [-0.4, -0.2) is 80.9 Å². The maximum absolute atomic E-state index is 12.5. The Hall–Kier alpha value is -4.21. The number of anilines is 3. The number of aromatic nitrogens is 2. The van der Waals surface area contributed by atoms with Crippen molar-refractivity contribution in [1.29, 1.82) is 0 Å². The van der Waals surface area contributed by atoms with Gasteiger partial charge in [-0.05, 0) is 19.1 Å². The minimum absolute atomic E-state index is 0.0451. The molecule has 2 aromatic rings. The van der Waals surface area contributed by atoms with Crippen LogP contribution in [0.15, 0.2) is 35.6 Å². The van der Waals surface area contributed by atoms with Crippen molar-refractivity contribution in [2.45, 2.75) is 31.5 Å². The average Bonchev–Trinajstić information content (AvgIpc) is 3.13. The second-order valence-electron chi connectivity index (χ2n) is 7.56. The summed E-state index contributed by atoms with van der Waals surface area (Å²) in [6.07, 6.45) is -2.61. The number of benzene rings is 1. The molecule has 4 unspecified atom stereocenters. The third kappa shape index (κ3) is 4.86. The molecule has 0 saturated carbocycles. The maximum atomic E-state index is 12.5. The summed E-state index contributed by atoms with van der Waals surface area (Å²) < 4.78 is 5.67. The number of fused-ring (bicyclic) bond motifs is 1. The summed E-state index contributed by atoms with van der Waals surface area (Å²) in [6, 6.07) is 4.57. The summed E-state index contributed by atoms with van der Waals surface area (Å²) >= 11 is 0. The van der Waals surface area contributed by atoms with Crippen LogP contribution < -0.4 is 20.9 Å². The maximum Gasteiger partial charge on any atom is 0.324 e. The third-order valence-electron chi connectivity index (χ3n) is 5.30. The van der Waals surface area contributed by atoms with E-state index >= 15 is 0 Å². The number of likely N-dealkylation sites (N-methyl/N-ethyl adjacent to an activating group) is 1. The van der Waals surface area contributed by atoms with Gasteiger partial charge in [0.2, 0.25) is 0 Å². The SMILES string of the molecule is CCNC(=O)C1OC(N2CC=Nc3c(NC(=O)Nc4ccc([N+](=O)[O-])cc4)ncnc32)C(O)C1O. The molecule has 3 heterocycles. The molecule has 2 aliphatic rings. The summed E-state index contributed by atoms with van der Waals surface area (Å²) in [4.78, 5) is 48.8. The number of hydrogen-bond acceptors (Lipinski definition) is 11. The predicted molar refractivity (Wildman–Crippen MR) is 123 cm³/mol. The number of nitro groups is 1. The van der Waals surface area contributed by atoms with Crippen LogP contribution in [0.25, 0.3) is 0 Å². The molecule has 0 radical (unpaired) electrons. The largest absolute Gasteiger partial charge is 0.387 e. The number of amides is 3. The molecule has 15 nitrogen and oxygen atoms in total. The molecule has 1 aromatic heterocycles. The van der Waals surface area contributed by atoms with E-state index in [0.29, 0.717) is 12.2 Å². The highest BCUT2D eigenvalue weighted by Crippen LogP contribution is 2.38. The Labute approximate surface area is 198 Å². The first-order valence-corrected chi connectivity index (χ1v) is 10.6. The summed E-state index contributed by atoms with van der Waals surface area (Å²) in [5, 5.41) is 39.3. The number of nitro benzene ring substituents is 1. The Kier molecular flexibility index (Phi) is 6.81. The zero-order valence-electron chi connectivity index (χ0n) is 18.4. The molecule has 0 aliphatic carbocycles. The molecule has 3 amide bonds. The number of rotatable bonds is 6. The summed E-state index contributed by atoms with van der Waals surface area (Å²) in [5.74, 6) is -0.301. The van der Waals surface area contributed by atoms with Gasteiger partial charge in [0.15, 0.2) is 24.0 Å². The molecule has 184 valence electrons. The smallest absolute Gasteiger partial charge is 0.324 e. The molecule has 5 N–H and O–H groups in total. The van der Waals surface area contributed by atoms with Crippen molar-refractivity contribution in [2.75, 3.05) is 28.6 Å². The van der Waals surface area contributed by atoms with E-state index < -0.39 is 41.4 Å². The highest BCUT2D eigenvalue weighted by atomic mass is 16.6. The fourth-order valence-electron chi connectivity index (χ4n) is 3.67. The summed E-state index contributed by atoms with van der Waals surface area (Å²) in [7, 11) is 0. The summed E-state index contributed by atoms with van der Waals surface area (Å²) in [6.45, 7) is 2.19. The van der Waals surface area contributed by atoms with Crippen LogP contribution >= 0.6 is 0 Å². The monoisotopic (exact) mass is 486 g/mol. The number of aliphatic hydroxyl groups is 2. The number of hydrogen-bond donors (Lipinski definition) is 5. The number of urea groups is 1. The molecule has 0 spiro atoms. The van der Waals surface area contributed by atoms with Crippen molar-refractivity contribution >= 4 is 46.9 Å². The van der Waals surface area contributed by atoms with Gasteiger partial charge >= 0.3 is 6.03 Å². The van der Waals surface area contributed by atoms with Crippen LogP contribution in [-0.2, 0) is 9.53 Å². The Bertz CT molecular complexity index is 1160. The normalized spacial score (nSPS) is 22.9. The van der Waals surface area contributed by atoms with E-state index in [1.807, 2.05) is 0 Å². The van der Waals surface area contributed by atoms with Crippen LogP contribution in [0.2, 0.25) is 0 Å². The highest BCUT2D eigenvalue weighted by molar-refractivity contribution is 6.02. The number of carbonyl (C=O) groups is 2. The van der Waals surface area contributed by atoms with Gasteiger partial charge < -0.3 is 30.5 Å². The molecule has 4 atom stereocenters. The minimum atomic E-state index is -1.46. The van der Waals surface area contributed by atoms with Gasteiger partial charge in [-0.2, -0.15) is 0 Å². The quantitative estimate of drug-likeness (QED) is 0.276. The van der Waals surface area contributed by atoms with Gasteiger partial charge in [-0.3, -0.25) is 25.2 Å². The number of aliphatic hydroxyl groups excluding tert-OH is 2. The number of ether oxygens (including phenoxy) is 1. The molecule has 0 bridgehead atoms. The van der Waals surface area contributed by atoms with Crippen molar-refractivity contribution in [3.05, 3.63) is 40.7 Å². The van der Waals surface area contributed by atoms with E-state index in [2.05, 4.69) is 30.9 Å². The third-order valence-corrected chi connectivity index (χ3v) is 5.30. The average molecular weight is 486 g/mol. The van der Waals surface area contributed by atoms with Crippen LogP contribution in [0.5, 0.6) is 0 Å². The van der Waals surface area contributed by atoms with Gasteiger partial charge in [-0.1, -0.05) is 0 Å². The molecule has 1 aromatic carbocycles. The lowest BCUT2D eigenvalue weighted by Crippen LogP contribution is -2.46. The van der Waals surface area contributed by atoms with Gasteiger partial charge in [0.05, 0.1) is 11.5 Å². The molecular weight excluding hydrogens is 464 g/mol. The lowest BCUT2D eigenvalue weighted by Gasteiger charge is -2.33. The van der Waals surface area contributed by atoms with Crippen molar-refractivity contribution < 1.29 is 29.5 Å². The van der Waals surface area contributed by atoms with E-state index in [9.17, 15) is 29.9 Å². The first-order valence-electron chi connectivity index (χ1n) is 10.6. The van der Waals surface area contributed by atoms with Crippen LogP contribution in [0.3, 0.4) is 0 Å². The Morgan fingerprint density at radius 3 is 2.63 bits per heavy atom. The van der Waals surface area contributed by atoms with E-state index in [1.54, 1.807) is 6.92 Å². The Balaban J connectivity index is 1.51. The van der Waals surface area contributed by atoms with Gasteiger partial charge in [0, 0.05) is 30.6 Å². The van der Waals surface area contributed by atoms with E-state index in [1.165, 1.54) is 41.7 Å². The van der Waals surface area contributed by atoms with Crippen LogP contribution in [0, 0.1) is 10.1 Å². The zero-order valence-corrected chi connectivity index (χ0v) is 18.4. The molecule has 1 saturated heterocycles. The number of nitrogens with zero attached hydrogens (tertiary/aromatic N) is 5. The van der Waals surface area contributed by atoms with E-state index in [0.717, 1.165) is 0 Å². The van der Waals surface area contributed by atoms with Gasteiger partial charge in [-0.25, -0.2) is 14.8 Å². The number of aliphatic imine (C=N–C) groups is 1. The minimum Gasteiger partial charge on any atom is -0.387 e.